The highest BCUT2D eigenvalue weighted by Crippen LogP contribution is 2.27. The quantitative estimate of drug-likeness (QED) is 0.821. The maximum atomic E-state index is 13.3. The van der Waals surface area contributed by atoms with E-state index in [1.807, 2.05) is 18.5 Å². The van der Waals surface area contributed by atoms with Crippen LogP contribution in [-0.4, -0.2) is 41.0 Å². The van der Waals surface area contributed by atoms with Gasteiger partial charge in [-0.1, -0.05) is 6.07 Å². The Hall–Kier alpha value is -2.36. The van der Waals surface area contributed by atoms with Gasteiger partial charge in [-0.05, 0) is 81.3 Å². The van der Waals surface area contributed by atoms with Gasteiger partial charge in [0.2, 0.25) is 0 Å². The molecule has 0 N–H and O–H groups in total. The Bertz CT molecular complexity index is 795. The molecule has 1 aromatic heterocycles. The topological polar surface area (TPSA) is 36.4 Å². The molecule has 4 heteroatoms. The highest BCUT2D eigenvalue weighted by Gasteiger charge is 2.31. The van der Waals surface area contributed by atoms with Crippen molar-refractivity contribution < 1.29 is 4.79 Å². The van der Waals surface area contributed by atoms with Crippen molar-refractivity contribution in [1.29, 1.82) is 0 Å². The lowest BCUT2D eigenvalue weighted by atomic mass is 9.98. The maximum Gasteiger partial charge on any atom is 0.254 e. The van der Waals surface area contributed by atoms with E-state index in [-0.39, 0.29) is 11.9 Å². The predicted octanol–water partition coefficient (Wildman–Crippen LogP) is 4.09. The molecule has 2 aliphatic rings. The van der Waals surface area contributed by atoms with Gasteiger partial charge < -0.3 is 9.80 Å². The van der Waals surface area contributed by atoms with Crippen LogP contribution in [0.1, 0.15) is 54.6 Å². The second kappa shape index (κ2) is 7.71. The van der Waals surface area contributed by atoms with Crippen LogP contribution < -0.4 is 4.90 Å². The third kappa shape index (κ3) is 3.71. The van der Waals surface area contributed by atoms with Crippen LogP contribution in [-0.2, 0) is 12.8 Å². The molecule has 1 fully saturated rings. The summed E-state index contributed by atoms with van der Waals surface area (Å²) in [7, 11) is 0. The maximum absolute atomic E-state index is 13.3. The number of pyridine rings is 1. The minimum atomic E-state index is 0.196. The Labute approximate surface area is 162 Å². The molecule has 1 aromatic carbocycles. The number of aromatic nitrogens is 1. The van der Waals surface area contributed by atoms with Crippen molar-refractivity contribution in [3.05, 3.63) is 59.4 Å². The molecule has 2 aromatic rings. The minimum Gasteiger partial charge on any atom is -0.371 e. The van der Waals surface area contributed by atoms with Crippen LogP contribution in [0, 0.1) is 0 Å². The molecule has 0 radical (unpaired) electrons. The number of hydrogen-bond donors (Lipinski definition) is 0. The number of anilines is 1. The zero-order valence-corrected chi connectivity index (χ0v) is 16.4. The van der Waals surface area contributed by atoms with Crippen molar-refractivity contribution in [3.63, 3.8) is 0 Å². The Kier molecular flexibility index (Phi) is 5.15. The molecular formula is C23H29N3O. The first-order chi connectivity index (χ1) is 13.1. The van der Waals surface area contributed by atoms with Gasteiger partial charge in [0.15, 0.2) is 0 Å². The number of rotatable bonds is 4. The molecule has 4 nitrogen and oxygen atoms in total. The van der Waals surface area contributed by atoms with Crippen LogP contribution in [0.3, 0.4) is 0 Å². The van der Waals surface area contributed by atoms with E-state index in [1.54, 1.807) is 0 Å². The Morgan fingerprint density at radius 3 is 2.48 bits per heavy atom. The molecule has 0 bridgehead atoms. The van der Waals surface area contributed by atoms with Gasteiger partial charge in [0, 0.05) is 48.8 Å². The van der Waals surface area contributed by atoms with Crippen LogP contribution in [0.15, 0.2) is 42.7 Å². The molecule has 27 heavy (non-hydrogen) atoms. The number of carbonyl (C=O) groups excluding carboxylic acids is 1. The van der Waals surface area contributed by atoms with Gasteiger partial charge in [-0.3, -0.25) is 9.78 Å². The summed E-state index contributed by atoms with van der Waals surface area (Å²) < 4.78 is 0. The zero-order chi connectivity index (χ0) is 18.8. The van der Waals surface area contributed by atoms with Gasteiger partial charge >= 0.3 is 0 Å². The van der Waals surface area contributed by atoms with Crippen LogP contribution in [0.5, 0.6) is 0 Å². The molecule has 142 valence electrons. The molecule has 0 saturated carbocycles. The first kappa shape index (κ1) is 18.0. The molecule has 4 rings (SSSR count). The van der Waals surface area contributed by atoms with Gasteiger partial charge in [-0.25, -0.2) is 0 Å². The fourth-order valence-corrected chi connectivity index (χ4v) is 4.63. The van der Waals surface area contributed by atoms with E-state index >= 15 is 0 Å². The summed E-state index contributed by atoms with van der Waals surface area (Å²) in [6.45, 7) is 6.24. The Morgan fingerprint density at radius 1 is 1.07 bits per heavy atom. The van der Waals surface area contributed by atoms with E-state index in [1.165, 1.54) is 23.2 Å². The van der Waals surface area contributed by atoms with E-state index in [0.29, 0.717) is 6.04 Å². The Balaban J connectivity index is 1.48. The van der Waals surface area contributed by atoms with Gasteiger partial charge in [-0.15, -0.1) is 0 Å². The normalized spacial score (nSPS) is 17.2. The van der Waals surface area contributed by atoms with E-state index in [4.69, 9.17) is 0 Å². The fourth-order valence-electron chi connectivity index (χ4n) is 4.63. The SMILES string of the molecule is CC(C)N(C(=O)c1ccc2c(c1)CCC2)C1CCN(c2ccncc2)CC1. The number of piperidine rings is 1. The zero-order valence-electron chi connectivity index (χ0n) is 16.4. The molecule has 1 aliphatic carbocycles. The lowest BCUT2D eigenvalue weighted by molar-refractivity contribution is 0.0574. The lowest BCUT2D eigenvalue weighted by Gasteiger charge is -2.41. The second-order valence-corrected chi connectivity index (χ2v) is 8.07. The van der Waals surface area contributed by atoms with Crippen LogP contribution in [0.4, 0.5) is 5.69 Å². The van der Waals surface area contributed by atoms with E-state index in [0.717, 1.165) is 44.3 Å². The average Bonchev–Trinajstić information content (AvgIpc) is 3.17. The monoisotopic (exact) mass is 363 g/mol. The summed E-state index contributed by atoms with van der Waals surface area (Å²) in [5.74, 6) is 0.196. The Morgan fingerprint density at radius 2 is 1.78 bits per heavy atom. The van der Waals surface area contributed by atoms with Gasteiger partial charge in [0.1, 0.15) is 0 Å². The predicted molar refractivity (Wildman–Crippen MR) is 109 cm³/mol. The third-order valence-electron chi connectivity index (χ3n) is 6.02. The number of carbonyl (C=O) groups is 1. The van der Waals surface area contributed by atoms with E-state index < -0.39 is 0 Å². The molecule has 0 unspecified atom stereocenters. The number of aryl methyl sites for hydroxylation is 2. The molecule has 1 aliphatic heterocycles. The smallest absolute Gasteiger partial charge is 0.254 e. The van der Waals surface area contributed by atoms with Gasteiger partial charge in [0.25, 0.3) is 5.91 Å². The second-order valence-electron chi connectivity index (χ2n) is 8.07. The number of amides is 1. The summed E-state index contributed by atoms with van der Waals surface area (Å²) >= 11 is 0. The highest BCUT2D eigenvalue weighted by molar-refractivity contribution is 5.95. The molecular weight excluding hydrogens is 334 g/mol. The first-order valence-corrected chi connectivity index (χ1v) is 10.2. The fraction of sp³-hybridized carbons (Fsp3) is 0.478. The van der Waals surface area contributed by atoms with E-state index in [2.05, 4.69) is 52.9 Å². The van der Waals surface area contributed by atoms with Crippen LogP contribution in [0.25, 0.3) is 0 Å². The summed E-state index contributed by atoms with van der Waals surface area (Å²) in [5.41, 5.74) is 4.88. The minimum absolute atomic E-state index is 0.196. The van der Waals surface area contributed by atoms with Crippen molar-refractivity contribution in [2.24, 2.45) is 0 Å². The highest BCUT2D eigenvalue weighted by atomic mass is 16.2. The molecule has 0 atom stereocenters. The number of benzene rings is 1. The third-order valence-corrected chi connectivity index (χ3v) is 6.02. The largest absolute Gasteiger partial charge is 0.371 e. The molecule has 0 spiro atoms. The van der Waals surface area contributed by atoms with Crippen molar-refractivity contribution >= 4 is 11.6 Å². The van der Waals surface area contributed by atoms with Gasteiger partial charge in [-0.2, -0.15) is 0 Å². The molecule has 2 heterocycles. The van der Waals surface area contributed by atoms with Gasteiger partial charge in [0.05, 0.1) is 0 Å². The summed E-state index contributed by atoms with van der Waals surface area (Å²) in [5, 5.41) is 0. The van der Waals surface area contributed by atoms with Crippen LogP contribution in [0.2, 0.25) is 0 Å². The summed E-state index contributed by atoms with van der Waals surface area (Å²) in [6.07, 6.45) is 9.20. The average molecular weight is 364 g/mol. The van der Waals surface area contributed by atoms with Crippen molar-refractivity contribution in [2.75, 3.05) is 18.0 Å². The lowest BCUT2D eigenvalue weighted by Crippen LogP contribution is -2.50. The van der Waals surface area contributed by atoms with Crippen molar-refractivity contribution in [2.45, 2.75) is 58.0 Å². The standard InChI is InChI=1S/C23H29N3O/c1-17(2)26(23(27)20-7-6-18-4-3-5-19(18)16-20)22-10-14-25(15-11-22)21-8-12-24-13-9-21/h6-9,12-13,16-17,22H,3-5,10-11,14-15H2,1-2H3. The summed E-state index contributed by atoms with van der Waals surface area (Å²) in [6, 6.07) is 11.0. The number of nitrogens with zero attached hydrogens (tertiary/aromatic N) is 3. The van der Waals surface area contributed by atoms with Crippen molar-refractivity contribution in [1.82, 2.24) is 9.88 Å². The number of fused-ring (bicyclic) bond motifs is 1. The molecule has 1 amide bonds. The first-order valence-electron chi connectivity index (χ1n) is 10.2. The molecule has 1 saturated heterocycles. The van der Waals surface area contributed by atoms with Crippen molar-refractivity contribution in [3.8, 4) is 0 Å². The van der Waals surface area contributed by atoms with Crippen LogP contribution >= 0.6 is 0 Å². The summed E-state index contributed by atoms with van der Waals surface area (Å²) in [4.78, 5) is 22.0. The number of hydrogen-bond acceptors (Lipinski definition) is 3. The van der Waals surface area contributed by atoms with E-state index in [9.17, 15) is 4.79 Å².